The van der Waals surface area contributed by atoms with Crippen molar-refractivity contribution in [3.05, 3.63) is 47.9 Å². The van der Waals surface area contributed by atoms with Gasteiger partial charge in [-0.3, -0.25) is 0 Å². The summed E-state index contributed by atoms with van der Waals surface area (Å²) in [6.45, 7) is 1.79. The quantitative estimate of drug-likeness (QED) is 0.614. The molecule has 0 unspecified atom stereocenters. The largest absolute Gasteiger partial charge is 0.488 e. The highest BCUT2D eigenvalue weighted by Crippen LogP contribution is 2.28. The van der Waals surface area contributed by atoms with Gasteiger partial charge in [0.05, 0.1) is 5.69 Å². The van der Waals surface area contributed by atoms with Gasteiger partial charge < -0.3 is 15.8 Å². The summed E-state index contributed by atoms with van der Waals surface area (Å²) >= 11 is 0. The summed E-state index contributed by atoms with van der Waals surface area (Å²) in [5.74, 6) is -0.136. The molecule has 0 atom stereocenters. The van der Waals surface area contributed by atoms with Gasteiger partial charge in [-0.15, -0.1) is 5.10 Å². The fourth-order valence-electron chi connectivity index (χ4n) is 2.40. The van der Waals surface area contributed by atoms with E-state index < -0.39 is 12.9 Å². The number of nitrogen functional groups attached to an aromatic ring is 1. The van der Waals surface area contributed by atoms with E-state index in [1.54, 1.807) is 25.1 Å². The Morgan fingerprint density at radius 2 is 1.82 bits per heavy atom. The second-order valence-electron chi connectivity index (χ2n) is 5.04. The van der Waals surface area contributed by atoms with Crippen LogP contribution in [-0.4, -0.2) is 27.4 Å². The van der Waals surface area contributed by atoms with Crippen LogP contribution in [0.1, 0.15) is 5.69 Å². The molecule has 0 spiro atoms. The third-order valence-electron chi connectivity index (χ3n) is 3.59. The van der Waals surface area contributed by atoms with Crippen molar-refractivity contribution in [1.82, 2.24) is 10.2 Å². The number of fused-ring (bicyclic) bond motifs is 1. The molecule has 3 rings (SSSR count). The molecular formula is C15H13BFN3O2. The lowest BCUT2D eigenvalue weighted by atomic mass is 9.79. The number of hydrogen-bond acceptors (Lipinski definition) is 5. The van der Waals surface area contributed by atoms with Crippen molar-refractivity contribution in [3.8, 4) is 11.1 Å². The molecule has 1 heterocycles. The first kappa shape index (κ1) is 14.4. The Balaban J connectivity index is 2.23. The number of aromatic nitrogens is 2. The van der Waals surface area contributed by atoms with Gasteiger partial charge >= 0.3 is 7.12 Å². The van der Waals surface area contributed by atoms with E-state index in [0.717, 1.165) is 10.8 Å². The zero-order chi connectivity index (χ0) is 15.9. The van der Waals surface area contributed by atoms with Gasteiger partial charge in [-0.1, -0.05) is 18.2 Å². The molecule has 0 saturated carbocycles. The van der Waals surface area contributed by atoms with Crippen LogP contribution in [0.2, 0.25) is 0 Å². The van der Waals surface area contributed by atoms with Crippen molar-refractivity contribution >= 4 is 29.2 Å². The first-order valence-electron chi connectivity index (χ1n) is 6.66. The normalized spacial score (nSPS) is 10.9. The number of rotatable bonds is 2. The number of aryl methyl sites for hydroxylation is 1. The topological polar surface area (TPSA) is 92.3 Å². The van der Waals surface area contributed by atoms with Gasteiger partial charge in [0.25, 0.3) is 0 Å². The lowest BCUT2D eigenvalue weighted by Gasteiger charge is -2.09. The van der Waals surface area contributed by atoms with Gasteiger partial charge in [-0.2, -0.15) is 5.10 Å². The first-order valence-corrected chi connectivity index (χ1v) is 6.66. The molecule has 0 aliphatic carbocycles. The molecule has 3 aromatic rings. The van der Waals surface area contributed by atoms with Crippen molar-refractivity contribution in [1.29, 1.82) is 0 Å². The van der Waals surface area contributed by atoms with Crippen LogP contribution in [-0.2, 0) is 0 Å². The molecule has 0 radical (unpaired) electrons. The molecule has 0 fully saturated rings. The fraction of sp³-hybridized carbons (Fsp3) is 0.0667. The molecule has 2 aromatic carbocycles. The number of anilines is 1. The summed E-state index contributed by atoms with van der Waals surface area (Å²) in [5.41, 5.74) is 7.58. The zero-order valence-electron chi connectivity index (χ0n) is 11.8. The minimum absolute atomic E-state index is 0.223. The zero-order valence-corrected chi connectivity index (χ0v) is 11.8. The standard InChI is InChI=1S/C15H13BFN3O2/c1-8-12-6-9(2-4-11(12)15(18)20-19-8)13-7-10(16(21)22)3-5-14(13)17/h2-7,21-22H,1H3,(H2,18,20). The lowest BCUT2D eigenvalue weighted by Crippen LogP contribution is -2.29. The van der Waals surface area contributed by atoms with Crippen LogP contribution in [0.15, 0.2) is 36.4 Å². The molecule has 7 heteroatoms. The van der Waals surface area contributed by atoms with Crippen molar-refractivity contribution in [2.24, 2.45) is 0 Å². The Kier molecular flexibility index (Phi) is 3.52. The van der Waals surface area contributed by atoms with Gasteiger partial charge in [0.1, 0.15) is 5.82 Å². The maximum absolute atomic E-state index is 14.1. The molecule has 0 saturated heterocycles. The SMILES string of the molecule is Cc1nnc(N)c2ccc(-c3cc(B(O)O)ccc3F)cc12. The number of hydrogen-bond donors (Lipinski definition) is 3. The van der Waals surface area contributed by atoms with Crippen molar-refractivity contribution in [2.45, 2.75) is 6.92 Å². The van der Waals surface area contributed by atoms with E-state index in [4.69, 9.17) is 5.73 Å². The Morgan fingerprint density at radius 3 is 2.55 bits per heavy atom. The van der Waals surface area contributed by atoms with Crippen LogP contribution >= 0.6 is 0 Å². The molecular weight excluding hydrogens is 284 g/mol. The summed E-state index contributed by atoms with van der Waals surface area (Å²) in [5, 5.41) is 27.8. The van der Waals surface area contributed by atoms with E-state index >= 15 is 0 Å². The van der Waals surface area contributed by atoms with E-state index in [0.29, 0.717) is 17.1 Å². The highest BCUT2D eigenvalue weighted by molar-refractivity contribution is 6.58. The Labute approximate surface area is 126 Å². The van der Waals surface area contributed by atoms with Crippen LogP contribution in [0, 0.1) is 12.7 Å². The lowest BCUT2D eigenvalue weighted by molar-refractivity contribution is 0.425. The predicted octanol–water partition coefficient (Wildman–Crippen LogP) is 1.01. The third-order valence-corrected chi connectivity index (χ3v) is 3.59. The summed E-state index contributed by atoms with van der Waals surface area (Å²) < 4.78 is 14.1. The molecule has 1 aromatic heterocycles. The summed E-state index contributed by atoms with van der Waals surface area (Å²) in [6, 6.07) is 9.19. The van der Waals surface area contributed by atoms with E-state index in [1.807, 2.05) is 0 Å². The van der Waals surface area contributed by atoms with Crippen molar-refractivity contribution in [3.63, 3.8) is 0 Å². The minimum Gasteiger partial charge on any atom is -0.423 e. The summed E-state index contributed by atoms with van der Waals surface area (Å²) in [6.07, 6.45) is 0. The molecule has 0 bridgehead atoms. The number of nitrogens with zero attached hydrogens (tertiary/aromatic N) is 2. The van der Waals surface area contributed by atoms with Gasteiger partial charge in [0.15, 0.2) is 5.82 Å². The fourth-order valence-corrected chi connectivity index (χ4v) is 2.40. The third kappa shape index (κ3) is 2.40. The second-order valence-corrected chi connectivity index (χ2v) is 5.04. The van der Waals surface area contributed by atoms with E-state index in [-0.39, 0.29) is 11.0 Å². The predicted molar refractivity (Wildman–Crippen MR) is 83.9 cm³/mol. The van der Waals surface area contributed by atoms with Gasteiger partial charge in [-0.25, -0.2) is 4.39 Å². The molecule has 4 N–H and O–H groups in total. The smallest absolute Gasteiger partial charge is 0.423 e. The molecule has 0 aliphatic heterocycles. The monoisotopic (exact) mass is 297 g/mol. The van der Waals surface area contributed by atoms with Gasteiger partial charge in [0, 0.05) is 16.3 Å². The molecule has 22 heavy (non-hydrogen) atoms. The number of benzene rings is 2. The molecule has 110 valence electrons. The first-order chi connectivity index (χ1) is 10.5. The van der Waals surface area contributed by atoms with Gasteiger partial charge in [-0.05, 0) is 36.1 Å². The summed E-state index contributed by atoms with van der Waals surface area (Å²) in [7, 11) is -1.65. The van der Waals surface area contributed by atoms with E-state index in [9.17, 15) is 14.4 Å². The highest BCUT2D eigenvalue weighted by Gasteiger charge is 2.15. The minimum atomic E-state index is -1.65. The Bertz CT molecular complexity index is 871. The Hall–Kier alpha value is -2.51. The second kappa shape index (κ2) is 5.36. The summed E-state index contributed by atoms with van der Waals surface area (Å²) in [4.78, 5) is 0. The number of halogens is 1. The Morgan fingerprint density at radius 1 is 1.05 bits per heavy atom. The van der Waals surface area contributed by atoms with Crippen LogP contribution < -0.4 is 11.2 Å². The van der Waals surface area contributed by atoms with E-state index in [1.165, 1.54) is 18.2 Å². The average molecular weight is 297 g/mol. The molecule has 5 nitrogen and oxygen atoms in total. The van der Waals surface area contributed by atoms with Crippen LogP contribution in [0.25, 0.3) is 21.9 Å². The maximum Gasteiger partial charge on any atom is 0.488 e. The molecule has 0 amide bonds. The number of nitrogens with two attached hydrogens (primary N) is 1. The average Bonchev–Trinajstić information content (AvgIpc) is 2.51. The van der Waals surface area contributed by atoms with Crippen molar-refractivity contribution in [2.75, 3.05) is 5.73 Å². The molecule has 0 aliphatic rings. The van der Waals surface area contributed by atoms with Crippen LogP contribution in [0.3, 0.4) is 0 Å². The van der Waals surface area contributed by atoms with Crippen LogP contribution in [0.5, 0.6) is 0 Å². The maximum atomic E-state index is 14.1. The van der Waals surface area contributed by atoms with Gasteiger partial charge in [0.2, 0.25) is 0 Å². The van der Waals surface area contributed by atoms with Crippen molar-refractivity contribution < 1.29 is 14.4 Å². The van der Waals surface area contributed by atoms with E-state index in [2.05, 4.69) is 10.2 Å². The van der Waals surface area contributed by atoms with Crippen LogP contribution in [0.4, 0.5) is 10.2 Å². The highest BCUT2D eigenvalue weighted by atomic mass is 19.1.